The summed E-state index contributed by atoms with van der Waals surface area (Å²) < 4.78 is 19.8. The van der Waals surface area contributed by atoms with Crippen molar-refractivity contribution >= 4 is 16.9 Å². The van der Waals surface area contributed by atoms with Gasteiger partial charge in [0.05, 0.1) is 35.5 Å². The monoisotopic (exact) mass is 295 g/mol. The fourth-order valence-electron chi connectivity index (χ4n) is 2.19. The van der Waals surface area contributed by atoms with Gasteiger partial charge in [0.15, 0.2) is 0 Å². The summed E-state index contributed by atoms with van der Waals surface area (Å²) in [5.41, 5.74) is 1.70. The van der Waals surface area contributed by atoms with E-state index < -0.39 is 11.8 Å². The molecule has 0 amide bonds. The Kier molecular flexibility index (Phi) is 3.31. The number of nitriles is 1. The van der Waals surface area contributed by atoms with Gasteiger partial charge in [0.25, 0.3) is 0 Å². The van der Waals surface area contributed by atoms with Crippen molar-refractivity contribution in [1.82, 2.24) is 9.78 Å². The molecule has 0 aliphatic heterocycles. The Morgan fingerprint density at radius 1 is 1.32 bits per heavy atom. The fourth-order valence-corrected chi connectivity index (χ4v) is 2.19. The van der Waals surface area contributed by atoms with Crippen LogP contribution < -0.4 is 0 Å². The molecule has 0 spiro atoms. The van der Waals surface area contributed by atoms with Crippen molar-refractivity contribution in [3.63, 3.8) is 0 Å². The molecule has 5 nitrogen and oxygen atoms in total. The minimum Gasteiger partial charge on any atom is -0.465 e. The molecule has 0 unspecified atom stereocenters. The van der Waals surface area contributed by atoms with E-state index in [2.05, 4.69) is 9.84 Å². The second-order valence-electron chi connectivity index (χ2n) is 4.61. The second-order valence-corrected chi connectivity index (χ2v) is 4.61. The Bertz CT molecular complexity index is 908. The van der Waals surface area contributed by atoms with Crippen LogP contribution in [0.15, 0.2) is 42.6 Å². The summed E-state index contributed by atoms with van der Waals surface area (Å²) in [5.74, 6) is -1.18. The number of aromatic nitrogens is 2. The molecule has 0 N–H and O–H groups in total. The van der Waals surface area contributed by atoms with Crippen molar-refractivity contribution in [2.75, 3.05) is 7.11 Å². The highest BCUT2D eigenvalue weighted by molar-refractivity contribution is 6.03. The van der Waals surface area contributed by atoms with Crippen molar-refractivity contribution in [2.24, 2.45) is 0 Å². The Morgan fingerprint density at radius 3 is 2.68 bits per heavy atom. The average molecular weight is 295 g/mol. The van der Waals surface area contributed by atoms with Gasteiger partial charge in [-0.2, -0.15) is 10.4 Å². The third kappa shape index (κ3) is 2.29. The van der Waals surface area contributed by atoms with Crippen molar-refractivity contribution in [3.05, 3.63) is 59.5 Å². The van der Waals surface area contributed by atoms with E-state index in [1.54, 1.807) is 30.5 Å². The van der Waals surface area contributed by atoms with Gasteiger partial charge in [0.2, 0.25) is 0 Å². The summed E-state index contributed by atoms with van der Waals surface area (Å²) in [6.45, 7) is 0. The van der Waals surface area contributed by atoms with Crippen LogP contribution in [0.3, 0.4) is 0 Å². The molecule has 0 bridgehead atoms. The maximum Gasteiger partial charge on any atom is 0.338 e. The van der Waals surface area contributed by atoms with Gasteiger partial charge in [-0.05, 0) is 30.3 Å². The maximum atomic E-state index is 13.6. The van der Waals surface area contributed by atoms with E-state index in [4.69, 9.17) is 5.26 Å². The predicted molar refractivity (Wildman–Crippen MR) is 77.1 cm³/mol. The summed E-state index contributed by atoms with van der Waals surface area (Å²) in [6, 6.07) is 11.2. The van der Waals surface area contributed by atoms with Gasteiger partial charge in [-0.3, -0.25) is 0 Å². The van der Waals surface area contributed by atoms with Gasteiger partial charge in [-0.15, -0.1) is 0 Å². The molecular formula is C16H10FN3O2. The van der Waals surface area contributed by atoms with Gasteiger partial charge >= 0.3 is 5.97 Å². The lowest BCUT2D eigenvalue weighted by Crippen LogP contribution is -2.02. The van der Waals surface area contributed by atoms with Crippen molar-refractivity contribution < 1.29 is 13.9 Å². The molecule has 0 saturated heterocycles. The van der Waals surface area contributed by atoms with E-state index in [0.717, 1.165) is 6.07 Å². The molecule has 22 heavy (non-hydrogen) atoms. The van der Waals surface area contributed by atoms with Crippen LogP contribution >= 0.6 is 0 Å². The summed E-state index contributed by atoms with van der Waals surface area (Å²) in [5, 5.41) is 13.6. The van der Waals surface area contributed by atoms with Crippen LogP contribution in [-0.2, 0) is 4.74 Å². The molecule has 0 saturated carbocycles. The van der Waals surface area contributed by atoms with E-state index >= 15 is 0 Å². The lowest BCUT2D eigenvalue weighted by atomic mass is 10.1. The normalized spacial score (nSPS) is 10.4. The van der Waals surface area contributed by atoms with E-state index in [1.807, 2.05) is 6.07 Å². The third-order valence-electron chi connectivity index (χ3n) is 3.26. The Morgan fingerprint density at radius 2 is 2.05 bits per heavy atom. The van der Waals surface area contributed by atoms with Gasteiger partial charge in [0.1, 0.15) is 5.82 Å². The maximum absolute atomic E-state index is 13.6. The molecule has 1 heterocycles. The van der Waals surface area contributed by atoms with Crippen LogP contribution in [-0.4, -0.2) is 22.9 Å². The van der Waals surface area contributed by atoms with Gasteiger partial charge in [0, 0.05) is 17.6 Å². The minimum atomic E-state index is -0.621. The highest BCUT2D eigenvalue weighted by Crippen LogP contribution is 2.22. The number of methoxy groups -OCH3 is 1. The van der Waals surface area contributed by atoms with Gasteiger partial charge in [-0.1, -0.05) is 0 Å². The predicted octanol–water partition coefficient (Wildman–Crippen LogP) is 2.82. The lowest BCUT2D eigenvalue weighted by Gasteiger charge is -2.00. The first-order valence-electron chi connectivity index (χ1n) is 6.40. The number of esters is 1. The highest BCUT2D eigenvalue weighted by atomic mass is 19.1. The largest absolute Gasteiger partial charge is 0.465 e. The topological polar surface area (TPSA) is 67.9 Å². The van der Waals surface area contributed by atoms with E-state index in [-0.39, 0.29) is 5.56 Å². The van der Waals surface area contributed by atoms with Crippen molar-refractivity contribution in [3.8, 4) is 11.8 Å². The van der Waals surface area contributed by atoms with Crippen molar-refractivity contribution in [1.29, 1.82) is 5.26 Å². The number of nitrogens with zero attached hydrogens (tertiary/aromatic N) is 3. The molecule has 3 aromatic rings. The van der Waals surface area contributed by atoms with Crippen LogP contribution in [0.4, 0.5) is 4.39 Å². The SMILES string of the molecule is COC(=O)c1cc(F)cc2nn(-c3ccc(C#N)cc3)cc12. The second kappa shape index (κ2) is 5.30. The third-order valence-corrected chi connectivity index (χ3v) is 3.26. The van der Waals surface area contributed by atoms with Gasteiger partial charge < -0.3 is 4.74 Å². The molecule has 0 aliphatic carbocycles. The first kappa shape index (κ1) is 13.8. The lowest BCUT2D eigenvalue weighted by molar-refractivity contribution is 0.0602. The number of carbonyl (C=O) groups excluding carboxylic acids is 1. The number of ether oxygens (including phenoxy) is 1. The van der Waals surface area contributed by atoms with E-state index in [0.29, 0.717) is 22.2 Å². The minimum absolute atomic E-state index is 0.123. The summed E-state index contributed by atoms with van der Waals surface area (Å²) in [7, 11) is 1.24. The summed E-state index contributed by atoms with van der Waals surface area (Å²) in [6.07, 6.45) is 1.63. The fraction of sp³-hybridized carbons (Fsp3) is 0.0625. The number of carbonyl (C=O) groups is 1. The number of halogens is 1. The number of hydrogen-bond donors (Lipinski definition) is 0. The van der Waals surface area contributed by atoms with Crippen LogP contribution in [0.25, 0.3) is 16.6 Å². The van der Waals surface area contributed by atoms with Crippen LogP contribution in [0.5, 0.6) is 0 Å². The molecule has 2 aromatic carbocycles. The molecule has 1 aromatic heterocycles. The van der Waals surface area contributed by atoms with Crippen LogP contribution in [0, 0.1) is 17.1 Å². The molecule has 3 rings (SSSR count). The molecule has 0 atom stereocenters. The van der Waals surface area contributed by atoms with Gasteiger partial charge in [-0.25, -0.2) is 13.9 Å². The van der Waals surface area contributed by atoms with Crippen LogP contribution in [0.2, 0.25) is 0 Å². The zero-order valence-electron chi connectivity index (χ0n) is 11.6. The quantitative estimate of drug-likeness (QED) is 0.682. The number of fused-ring (bicyclic) bond motifs is 1. The molecule has 0 aliphatic rings. The number of benzene rings is 2. The van der Waals surface area contributed by atoms with Crippen molar-refractivity contribution in [2.45, 2.75) is 0 Å². The smallest absolute Gasteiger partial charge is 0.338 e. The Labute approximate surface area is 125 Å². The molecule has 0 fully saturated rings. The standard InChI is InChI=1S/C16H10FN3O2/c1-22-16(21)13-6-11(17)7-15-14(13)9-20(19-15)12-4-2-10(8-18)3-5-12/h2-7,9H,1H3. The zero-order chi connectivity index (χ0) is 15.7. The molecular weight excluding hydrogens is 285 g/mol. The average Bonchev–Trinajstić information content (AvgIpc) is 2.97. The molecule has 6 heteroatoms. The van der Waals surface area contributed by atoms with E-state index in [1.165, 1.54) is 17.9 Å². The Hall–Kier alpha value is -3.20. The first-order chi connectivity index (χ1) is 10.6. The highest BCUT2D eigenvalue weighted by Gasteiger charge is 2.15. The molecule has 0 radical (unpaired) electrons. The zero-order valence-corrected chi connectivity index (χ0v) is 11.6. The summed E-state index contributed by atoms with van der Waals surface area (Å²) in [4.78, 5) is 11.7. The van der Waals surface area contributed by atoms with Crippen LogP contribution in [0.1, 0.15) is 15.9 Å². The summed E-state index contributed by atoms with van der Waals surface area (Å²) >= 11 is 0. The Balaban J connectivity index is 2.16. The molecule has 108 valence electrons. The number of hydrogen-bond acceptors (Lipinski definition) is 4. The van der Waals surface area contributed by atoms with E-state index in [9.17, 15) is 9.18 Å². The first-order valence-corrected chi connectivity index (χ1v) is 6.40. The number of rotatable bonds is 2.